The molecule has 140 valence electrons. The molecule has 0 saturated carbocycles. The van der Waals surface area contributed by atoms with Gasteiger partial charge in [-0.25, -0.2) is 9.88 Å². The van der Waals surface area contributed by atoms with Crippen LogP contribution < -0.4 is 4.90 Å². The molecule has 1 aromatic heterocycles. The smallest absolute Gasteiger partial charge is 0.350 e. The Morgan fingerprint density at radius 3 is 2.71 bits per heavy atom. The summed E-state index contributed by atoms with van der Waals surface area (Å²) in [6.45, 7) is 0.0430. The molecule has 0 spiro atoms. The SMILES string of the molecule is O=C(N=Nc1nc(C2=[N+]([O-])OCN2c2ccc(Cl)cc2)cs1)c1ccccc1. The zero-order valence-corrected chi connectivity index (χ0v) is 15.8. The predicted molar refractivity (Wildman–Crippen MR) is 105 cm³/mol. The number of amides is 1. The number of thiazole rings is 1. The minimum atomic E-state index is -0.470. The second-order valence-corrected chi connectivity index (χ2v) is 6.90. The van der Waals surface area contributed by atoms with Crippen molar-refractivity contribution in [1.82, 2.24) is 4.98 Å². The van der Waals surface area contributed by atoms with E-state index < -0.39 is 5.91 Å². The molecule has 1 amide bonds. The number of benzene rings is 2. The number of rotatable bonds is 4. The maximum absolute atomic E-state index is 12.1. The van der Waals surface area contributed by atoms with Crippen LogP contribution in [0.2, 0.25) is 5.02 Å². The highest BCUT2D eigenvalue weighted by Gasteiger charge is 2.33. The van der Waals surface area contributed by atoms with Gasteiger partial charge < -0.3 is 10.0 Å². The van der Waals surface area contributed by atoms with E-state index in [1.165, 1.54) is 0 Å². The first-order valence-electron chi connectivity index (χ1n) is 8.09. The van der Waals surface area contributed by atoms with Gasteiger partial charge in [0.15, 0.2) is 12.4 Å². The third-order valence-electron chi connectivity index (χ3n) is 3.84. The summed E-state index contributed by atoms with van der Waals surface area (Å²) in [5, 5.41) is 22.2. The zero-order valence-electron chi connectivity index (χ0n) is 14.2. The van der Waals surface area contributed by atoms with Crippen molar-refractivity contribution in [2.24, 2.45) is 10.2 Å². The highest BCUT2D eigenvalue weighted by Crippen LogP contribution is 2.26. The van der Waals surface area contributed by atoms with E-state index in [1.807, 2.05) is 6.07 Å². The summed E-state index contributed by atoms with van der Waals surface area (Å²) in [6, 6.07) is 15.6. The average Bonchev–Trinajstić information content (AvgIpc) is 3.33. The summed E-state index contributed by atoms with van der Waals surface area (Å²) < 4.78 is 0. The molecule has 2 aromatic carbocycles. The van der Waals surface area contributed by atoms with Crippen molar-refractivity contribution in [2.75, 3.05) is 11.6 Å². The summed E-state index contributed by atoms with van der Waals surface area (Å²) in [7, 11) is 0. The van der Waals surface area contributed by atoms with Crippen molar-refractivity contribution in [3.05, 3.63) is 81.5 Å². The number of hydrogen-bond acceptors (Lipinski definition) is 7. The Bertz CT molecular complexity index is 1070. The van der Waals surface area contributed by atoms with Crippen molar-refractivity contribution in [3.8, 4) is 0 Å². The molecule has 28 heavy (non-hydrogen) atoms. The summed E-state index contributed by atoms with van der Waals surface area (Å²) in [6.07, 6.45) is 0. The number of anilines is 1. The average molecular weight is 414 g/mol. The molecule has 3 aromatic rings. The molecule has 2 heterocycles. The lowest BCUT2D eigenvalue weighted by molar-refractivity contribution is -0.730. The van der Waals surface area contributed by atoms with Gasteiger partial charge in [-0.15, -0.1) is 21.6 Å². The van der Waals surface area contributed by atoms with Crippen molar-refractivity contribution in [3.63, 3.8) is 0 Å². The number of carbonyl (C=O) groups excluding carboxylic acids is 1. The van der Waals surface area contributed by atoms with Gasteiger partial charge in [-0.3, -0.25) is 4.79 Å². The molecular weight excluding hydrogens is 402 g/mol. The van der Waals surface area contributed by atoms with Gasteiger partial charge in [0.05, 0.1) is 0 Å². The first-order chi connectivity index (χ1) is 13.6. The van der Waals surface area contributed by atoms with Gasteiger partial charge in [-0.05, 0) is 41.3 Å². The Morgan fingerprint density at radius 2 is 1.96 bits per heavy atom. The van der Waals surface area contributed by atoms with Gasteiger partial charge in [-0.2, -0.15) is 0 Å². The van der Waals surface area contributed by atoms with Crippen molar-refractivity contribution < 1.29 is 14.5 Å². The van der Waals surface area contributed by atoms with Gasteiger partial charge in [0.2, 0.25) is 5.13 Å². The molecule has 0 bridgehead atoms. The van der Waals surface area contributed by atoms with Gasteiger partial charge in [0, 0.05) is 16.0 Å². The molecule has 10 heteroatoms. The number of aromatic nitrogens is 1. The van der Waals surface area contributed by atoms with Crippen LogP contribution in [0, 0.1) is 5.21 Å². The van der Waals surface area contributed by atoms with E-state index >= 15 is 0 Å². The summed E-state index contributed by atoms with van der Waals surface area (Å²) in [4.78, 5) is 23.4. The van der Waals surface area contributed by atoms with Crippen LogP contribution in [-0.2, 0) is 4.84 Å². The van der Waals surface area contributed by atoms with Crippen LogP contribution in [0.1, 0.15) is 16.1 Å². The lowest BCUT2D eigenvalue weighted by atomic mass is 10.2. The second-order valence-electron chi connectivity index (χ2n) is 5.63. The highest BCUT2D eigenvalue weighted by atomic mass is 35.5. The van der Waals surface area contributed by atoms with E-state index in [0.717, 1.165) is 17.0 Å². The molecule has 0 unspecified atom stereocenters. The monoisotopic (exact) mass is 413 g/mol. The first kappa shape index (κ1) is 18.1. The number of amidine groups is 1. The largest absolute Gasteiger partial charge is 0.430 e. The van der Waals surface area contributed by atoms with E-state index in [0.29, 0.717) is 21.2 Å². The minimum Gasteiger partial charge on any atom is -0.430 e. The third-order valence-corrected chi connectivity index (χ3v) is 4.82. The van der Waals surface area contributed by atoms with E-state index in [4.69, 9.17) is 16.4 Å². The number of nitrogens with zero attached hydrogens (tertiary/aromatic N) is 5. The van der Waals surface area contributed by atoms with E-state index in [2.05, 4.69) is 15.2 Å². The Morgan fingerprint density at radius 1 is 1.21 bits per heavy atom. The maximum atomic E-state index is 12.1. The molecule has 0 atom stereocenters. The molecule has 1 aliphatic heterocycles. The standard InChI is InChI=1S/C18H12ClN5O3S/c19-13-6-8-14(9-7-13)23-11-27-24(26)17(23)15-10-28-18(20-15)22-21-16(25)12-4-2-1-3-5-12/h1-10H,11H2. The normalized spacial score (nSPS) is 14.0. The topological polar surface area (TPSA) is 93.2 Å². The molecule has 4 rings (SSSR count). The summed E-state index contributed by atoms with van der Waals surface area (Å²) >= 11 is 7.08. The van der Waals surface area contributed by atoms with Crippen molar-refractivity contribution >= 4 is 45.5 Å². The van der Waals surface area contributed by atoms with Gasteiger partial charge in [0.25, 0.3) is 5.91 Å². The molecule has 0 fully saturated rings. The zero-order chi connectivity index (χ0) is 19.5. The van der Waals surface area contributed by atoms with Gasteiger partial charge in [-0.1, -0.05) is 29.8 Å². The quantitative estimate of drug-likeness (QED) is 0.467. The molecular formula is C18H12ClN5O3S. The van der Waals surface area contributed by atoms with E-state index in [-0.39, 0.29) is 17.7 Å². The fourth-order valence-electron chi connectivity index (χ4n) is 2.52. The molecule has 1 aliphatic rings. The molecule has 0 saturated heterocycles. The number of halogens is 1. The van der Waals surface area contributed by atoms with Gasteiger partial charge >= 0.3 is 5.84 Å². The van der Waals surface area contributed by atoms with E-state index in [1.54, 1.807) is 58.8 Å². The molecule has 0 aliphatic carbocycles. The van der Waals surface area contributed by atoms with Crippen LogP contribution in [0.4, 0.5) is 10.8 Å². The molecule has 8 nitrogen and oxygen atoms in total. The predicted octanol–water partition coefficient (Wildman–Crippen LogP) is 4.39. The second kappa shape index (κ2) is 7.75. The van der Waals surface area contributed by atoms with Crippen molar-refractivity contribution in [1.29, 1.82) is 0 Å². The number of hydrogen-bond donors (Lipinski definition) is 0. The summed E-state index contributed by atoms with van der Waals surface area (Å²) in [5.41, 5.74) is 1.53. The van der Waals surface area contributed by atoms with Gasteiger partial charge in [0.1, 0.15) is 5.69 Å². The lowest BCUT2D eigenvalue weighted by Crippen LogP contribution is -2.29. The van der Waals surface area contributed by atoms with Crippen LogP contribution in [0.15, 0.2) is 70.2 Å². The Labute approximate surface area is 168 Å². The van der Waals surface area contributed by atoms with Crippen LogP contribution in [0.5, 0.6) is 0 Å². The molecule has 0 N–H and O–H groups in total. The Balaban J connectivity index is 1.56. The van der Waals surface area contributed by atoms with Crippen LogP contribution >= 0.6 is 22.9 Å². The molecule has 0 radical (unpaired) electrons. The maximum Gasteiger partial charge on any atom is 0.350 e. The van der Waals surface area contributed by atoms with Crippen molar-refractivity contribution in [2.45, 2.75) is 0 Å². The highest BCUT2D eigenvalue weighted by molar-refractivity contribution is 7.13. The lowest BCUT2D eigenvalue weighted by Gasteiger charge is -2.10. The van der Waals surface area contributed by atoms with Crippen LogP contribution in [0.25, 0.3) is 0 Å². The minimum absolute atomic E-state index is 0.0430. The fraction of sp³-hybridized carbons (Fsp3) is 0.0556. The number of carbonyl (C=O) groups is 1. The Kier molecular flexibility index (Phi) is 5.00. The fourth-order valence-corrected chi connectivity index (χ4v) is 3.26. The Hall–Kier alpha value is -3.30. The first-order valence-corrected chi connectivity index (χ1v) is 9.35. The van der Waals surface area contributed by atoms with Crippen LogP contribution in [-0.4, -0.2) is 28.4 Å². The van der Waals surface area contributed by atoms with Crippen LogP contribution in [0.3, 0.4) is 0 Å². The third kappa shape index (κ3) is 3.71. The van der Waals surface area contributed by atoms with E-state index in [9.17, 15) is 10.0 Å². The summed E-state index contributed by atoms with van der Waals surface area (Å²) in [5.74, 6) is -0.253. The number of azo groups is 1.